The van der Waals surface area contributed by atoms with Gasteiger partial charge in [-0.3, -0.25) is 4.79 Å². The molecule has 0 aliphatic heterocycles. The van der Waals surface area contributed by atoms with Gasteiger partial charge in [-0.05, 0) is 30.3 Å². The number of halogens is 1. The lowest BCUT2D eigenvalue weighted by Gasteiger charge is -2.06. The highest BCUT2D eigenvalue weighted by molar-refractivity contribution is 6.35. The largest absolute Gasteiger partial charge is 0.459 e. The topological polar surface area (TPSA) is 47.2 Å². The fourth-order valence-electron chi connectivity index (χ4n) is 2.17. The van der Waals surface area contributed by atoms with Crippen molar-refractivity contribution >= 4 is 28.4 Å². The Morgan fingerprint density at radius 3 is 2.95 bits per heavy atom. The second kappa shape index (κ2) is 5.43. The minimum atomic E-state index is -0.204. The van der Waals surface area contributed by atoms with E-state index in [0.717, 1.165) is 15.9 Å². The molecule has 102 valence electrons. The van der Waals surface area contributed by atoms with Crippen LogP contribution >= 0.6 is 11.6 Å². The van der Waals surface area contributed by atoms with Crippen LogP contribution in [0.15, 0.2) is 53.3 Å². The van der Waals surface area contributed by atoms with Gasteiger partial charge in [0.15, 0.2) is 5.76 Å². The number of benzene rings is 1. The van der Waals surface area contributed by atoms with Crippen molar-refractivity contribution in [2.75, 3.05) is 6.54 Å². The van der Waals surface area contributed by atoms with E-state index in [0.29, 0.717) is 18.8 Å². The van der Waals surface area contributed by atoms with E-state index in [2.05, 4.69) is 9.88 Å². The maximum Gasteiger partial charge on any atom is 0.287 e. The van der Waals surface area contributed by atoms with E-state index >= 15 is 0 Å². The molecule has 0 aliphatic rings. The van der Waals surface area contributed by atoms with Gasteiger partial charge in [-0.1, -0.05) is 17.7 Å². The second-order valence-corrected chi connectivity index (χ2v) is 4.82. The van der Waals surface area contributed by atoms with E-state index < -0.39 is 0 Å². The molecule has 3 aromatic rings. The Morgan fingerprint density at radius 2 is 2.15 bits per heavy atom. The van der Waals surface area contributed by atoms with Crippen LogP contribution in [0.25, 0.3) is 10.9 Å². The van der Waals surface area contributed by atoms with E-state index in [9.17, 15) is 4.79 Å². The van der Waals surface area contributed by atoms with Gasteiger partial charge in [0.05, 0.1) is 6.26 Å². The molecule has 4 nitrogen and oxygen atoms in total. The molecule has 2 heterocycles. The number of hydrogen-bond donors (Lipinski definition) is 1. The van der Waals surface area contributed by atoms with Crippen LogP contribution in [0.5, 0.6) is 0 Å². The average Bonchev–Trinajstić information content (AvgIpc) is 3.09. The smallest absolute Gasteiger partial charge is 0.287 e. The molecule has 0 saturated carbocycles. The summed E-state index contributed by atoms with van der Waals surface area (Å²) < 4.78 is 7.09. The molecule has 1 N–H and O–H groups in total. The summed E-state index contributed by atoms with van der Waals surface area (Å²) in [7, 11) is 0. The number of aromatic nitrogens is 1. The molecule has 0 spiro atoms. The van der Waals surface area contributed by atoms with Gasteiger partial charge in [0.2, 0.25) is 0 Å². The number of carbonyl (C=O) groups is 1. The van der Waals surface area contributed by atoms with E-state index in [1.807, 2.05) is 30.5 Å². The summed E-state index contributed by atoms with van der Waals surface area (Å²) in [5.41, 5.74) is 1.06. The molecule has 0 unspecified atom stereocenters. The number of amides is 1. The molecule has 0 saturated heterocycles. The van der Waals surface area contributed by atoms with Crippen LogP contribution in [-0.4, -0.2) is 17.0 Å². The zero-order chi connectivity index (χ0) is 13.9. The van der Waals surface area contributed by atoms with Crippen LogP contribution in [0.1, 0.15) is 10.6 Å². The van der Waals surface area contributed by atoms with Gasteiger partial charge >= 0.3 is 0 Å². The average molecular weight is 289 g/mol. The summed E-state index contributed by atoms with van der Waals surface area (Å²) in [6.45, 7) is 1.20. The first-order valence-corrected chi connectivity index (χ1v) is 6.68. The van der Waals surface area contributed by atoms with Crippen molar-refractivity contribution < 1.29 is 9.21 Å². The number of fused-ring (bicyclic) bond motifs is 1. The van der Waals surface area contributed by atoms with Crippen molar-refractivity contribution in [2.45, 2.75) is 6.54 Å². The maximum atomic E-state index is 11.7. The summed E-state index contributed by atoms with van der Waals surface area (Å²) >= 11 is 6.13. The molecule has 0 bridgehead atoms. The van der Waals surface area contributed by atoms with Crippen LogP contribution in [0, 0.1) is 0 Å². The Balaban J connectivity index is 1.66. The Hall–Kier alpha value is -2.20. The van der Waals surface area contributed by atoms with Crippen LogP contribution in [0.2, 0.25) is 5.02 Å². The molecule has 2 aromatic heterocycles. The fraction of sp³-hybridized carbons (Fsp3) is 0.133. The molecular weight excluding hydrogens is 276 g/mol. The third-order valence-corrected chi connectivity index (χ3v) is 3.47. The van der Waals surface area contributed by atoms with E-state index in [-0.39, 0.29) is 5.91 Å². The molecule has 0 radical (unpaired) electrons. The van der Waals surface area contributed by atoms with Crippen molar-refractivity contribution in [1.82, 2.24) is 9.88 Å². The minimum absolute atomic E-state index is 0.204. The van der Waals surface area contributed by atoms with Gasteiger partial charge in [0, 0.05) is 35.2 Å². The molecule has 3 rings (SSSR count). The van der Waals surface area contributed by atoms with Gasteiger partial charge in [-0.25, -0.2) is 0 Å². The molecular formula is C15H13ClN2O2. The molecule has 0 fully saturated rings. The first-order chi connectivity index (χ1) is 9.75. The molecule has 1 amide bonds. The highest BCUT2D eigenvalue weighted by atomic mass is 35.5. The number of hydrogen-bond acceptors (Lipinski definition) is 2. The van der Waals surface area contributed by atoms with Crippen LogP contribution < -0.4 is 5.32 Å². The van der Waals surface area contributed by atoms with Crippen molar-refractivity contribution in [3.8, 4) is 0 Å². The van der Waals surface area contributed by atoms with Gasteiger partial charge in [-0.15, -0.1) is 0 Å². The molecule has 5 heteroatoms. The van der Waals surface area contributed by atoms with Crippen LogP contribution in [0.4, 0.5) is 0 Å². The zero-order valence-electron chi connectivity index (χ0n) is 10.7. The standard InChI is InChI=1S/C15H13ClN2O2/c16-12-3-1-4-13-11(12)6-8-18(13)9-7-17-15(19)14-5-2-10-20-14/h1-6,8,10H,7,9H2,(H,17,19). The van der Waals surface area contributed by atoms with Crippen molar-refractivity contribution in [2.24, 2.45) is 0 Å². The molecule has 0 atom stereocenters. The van der Waals surface area contributed by atoms with Crippen molar-refractivity contribution in [1.29, 1.82) is 0 Å². The normalized spacial score (nSPS) is 10.8. The lowest BCUT2D eigenvalue weighted by molar-refractivity contribution is 0.0924. The van der Waals surface area contributed by atoms with Gasteiger partial charge < -0.3 is 14.3 Å². The number of rotatable bonds is 4. The predicted octanol–water partition coefficient (Wildman–Crippen LogP) is 3.32. The Morgan fingerprint density at radius 1 is 1.25 bits per heavy atom. The summed E-state index contributed by atoms with van der Waals surface area (Å²) in [5.74, 6) is 0.120. The minimum Gasteiger partial charge on any atom is -0.459 e. The van der Waals surface area contributed by atoms with E-state index in [1.165, 1.54) is 6.26 Å². The predicted molar refractivity (Wildman–Crippen MR) is 78.0 cm³/mol. The van der Waals surface area contributed by atoms with Crippen molar-refractivity contribution in [3.05, 3.63) is 59.6 Å². The first kappa shape index (κ1) is 12.8. The van der Waals surface area contributed by atoms with Crippen molar-refractivity contribution in [3.63, 3.8) is 0 Å². The summed E-state index contributed by atoms with van der Waals surface area (Å²) in [6, 6.07) is 11.1. The fourth-order valence-corrected chi connectivity index (χ4v) is 2.40. The molecule has 0 aliphatic carbocycles. The van der Waals surface area contributed by atoms with E-state index in [1.54, 1.807) is 12.1 Å². The Bertz CT molecular complexity index is 732. The third-order valence-electron chi connectivity index (χ3n) is 3.14. The Labute approximate surface area is 120 Å². The quantitative estimate of drug-likeness (QED) is 0.800. The monoisotopic (exact) mass is 288 g/mol. The van der Waals surface area contributed by atoms with E-state index in [4.69, 9.17) is 16.0 Å². The number of furan rings is 1. The highest BCUT2D eigenvalue weighted by Gasteiger charge is 2.08. The highest BCUT2D eigenvalue weighted by Crippen LogP contribution is 2.23. The number of nitrogens with one attached hydrogen (secondary N) is 1. The maximum absolute atomic E-state index is 11.7. The Kier molecular flexibility index (Phi) is 3.48. The number of nitrogens with zero attached hydrogens (tertiary/aromatic N) is 1. The molecule has 1 aromatic carbocycles. The second-order valence-electron chi connectivity index (χ2n) is 4.41. The van der Waals surface area contributed by atoms with Gasteiger partial charge in [0.25, 0.3) is 5.91 Å². The van der Waals surface area contributed by atoms with Crippen LogP contribution in [0.3, 0.4) is 0 Å². The lowest BCUT2D eigenvalue weighted by atomic mass is 10.2. The first-order valence-electron chi connectivity index (χ1n) is 6.31. The summed E-state index contributed by atoms with van der Waals surface area (Å²) in [6.07, 6.45) is 3.45. The summed E-state index contributed by atoms with van der Waals surface area (Å²) in [4.78, 5) is 11.7. The summed E-state index contributed by atoms with van der Waals surface area (Å²) in [5, 5.41) is 4.57. The van der Waals surface area contributed by atoms with Crippen LogP contribution in [-0.2, 0) is 6.54 Å². The lowest BCUT2D eigenvalue weighted by Crippen LogP contribution is -2.26. The number of carbonyl (C=O) groups excluding carboxylic acids is 1. The molecule has 20 heavy (non-hydrogen) atoms. The third kappa shape index (κ3) is 2.42. The van der Waals surface area contributed by atoms with Gasteiger partial charge in [0.1, 0.15) is 0 Å². The van der Waals surface area contributed by atoms with Gasteiger partial charge in [-0.2, -0.15) is 0 Å². The zero-order valence-corrected chi connectivity index (χ0v) is 11.4. The SMILES string of the molecule is O=C(NCCn1ccc2c(Cl)cccc21)c1ccco1.